The zero-order chi connectivity index (χ0) is 21.8. The van der Waals surface area contributed by atoms with Crippen LogP contribution in [0.1, 0.15) is 77.1 Å². The Bertz CT molecular complexity index is 1020. The molecule has 0 bridgehead atoms. The molecule has 0 unspecified atom stereocenters. The second kappa shape index (κ2) is 8.99. The summed E-state index contributed by atoms with van der Waals surface area (Å²) in [6.45, 7) is 10.3. The number of amides is 2. The molecule has 0 fully saturated rings. The summed E-state index contributed by atoms with van der Waals surface area (Å²) in [5.41, 5.74) is 4.99. The summed E-state index contributed by atoms with van der Waals surface area (Å²) < 4.78 is 5.14. The van der Waals surface area contributed by atoms with Crippen LogP contribution in [0.4, 0.5) is 11.4 Å². The monoisotopic (exact) mass is 404 g/mol. The van der Waals surface area contributed by atoms with Crippen LogP contribution < -0.4 is 10.6 Å². The van der Waals surface area contributed by atoms with E-state index >= 15 is 0 Å². The Morgan fingerprint density at radius 2 is 1.50 bits per heavy atom. The number of hydrogen-bond acceptors (Lipinski definition) is 3. The van der Waals surface area contributed by atoms with Crippen molar-refractivity contribution < 1.29 is 14.0 Å². The van der Waals surface area contributed by atoms with Crippen LogP contribution in [-0.2, 0) is 0 Å². The minimum Gasteiger partial charge on any atom is -0.459 e. The topological polar surface area (TPSA) is 71.3 Å². The Morgan fingerprint density at radius 3 is 2.07 bits per heavy atom. The van der Waals surface area contributed by atoms with Crippen LogP contribution in [0.3, 0.4) is 0 Å². The van der Waals surface area contributed by atoms with Crippen molar-refractivity contribution >= 4 is 23.2 Å². The molecule has 2 amide bonds. The number of benzene rings is 2. The molecule has 0 radical (unpaired) electrons. The van der Waals surface area contributed by atoms with E-state index in [0.717, 1.165) is 22.4 Å². The van der Waals surface area contributed by atoms with Crippen molar-refractivity contribution in [1.82, 2.24) is 0 Å². The highest BCUT2D eigenvalue weighted by molar-refractivity contribution is 6.07. The maximum atomic E-state index is 13.1. The molecular formula is C25H28N2O3. The second-order valence-corrected chi connectivity index (χ2v) is 8.04. The zero-order valence-corrected chi connectivity index (χ0v) is 18.1. The van der Waals surface area contributed by atoms with Gasteiger partial charge in [0.25, 0.3) is 11.8 Å². The van der Waals surface area contributed by atoms with Crippen LogP contribution in [0.15, 0.2) is 59.2 Å². The molecule has 2 N–H and O–H groups in total. The Labute approximate surface area is 177 Å². The van der Waals surface area contributed by atoms with Crippen molar-refractivity contribution in [3.05, 3.63) is 82.8 Å². The van der Waals surface area contributed by atoms with Crippen LogP contribution in [0, 0.1) is 6.92 Å². The van der Waals surface area contributed by atoms with Crippen molar-refractivity contribution in [2.24, 2.45) is 0 Å². The fourth-order valence-electron chi connectivity index (χ4n) is 3.37. The van der Waals surface area contributed by atoms with Gasteiger partial charge < -0.3 is 15.1 Å². The first-order chi connectivity index (χ1) is 14.3. The number of nitrogens with one attached hydrogen (secondary N) is 2. The Morgan fingerprint density at radius 1 is 0.833 bits per heavy atom. The van der Waals surface area contributed by atoms with E-state index in [-0.39, 0.29) is 29.4 Å². The summed E-state index contributed by atoms with van der Waals surface area (Å²) in [6.07, 6.45) is 1.45. The minimum atomic E-state index is -0.354. The third-order valence-electron chi connectivity index (χ3n) is 5.10. The van der Waals surface area contributed by atoms with Gasteiger partial charge in [-0.1, -0.05) is 52.0 Å². The maximum Gasteiger partial charge on any atom is 0.291 e. The quantitative estimate of drug-likeness (QED) is 0.503. The molecular weight excluding hydrogens is 376 g/mol. The van der Waals surface area contributed by atoms with Crippen molar-refractivity contribution in [1.29, 1.82) is 0 Å². The van der Waals surface area contributed by atoms with Gasteiger partial charge in [-0.15, -0.1) is 0 Å². The maximum absolute atomic E-state index is 13.1. The lowest BCUT2D eigenvalue weighted by Gasteiger charge is -2.20. The van der Waals surface area contributed by atoms with E-state index in [2.05, 4.69) is 50.5 Å². The lowest BCUT2D eigenvalue weighted by Crippen LogP contribution is -2.17. The van der Waals surface area contributed by atoms with E-state index < -0.39 is 0 Å². The molecule has 1 heterocycles. The van der Waals surface area contributed by atoms with Gasteiger partial charge in [-0.25, -0.2) is 0 Å². The van der Waals surface area contributed by atoms with Crippen LogP contribution in [0.25, 0.3) is 0 Å². The van der Waals surface area contributed by atoms with Crippen molar-refractivity contribution in [2.45, 2.75) is 46.5 Å². The highest BCUT2D eigenvalue weighted by Crippen LogP contribution is 2.33. The third-order valence-corrected chi connectivity index (χ3v) is 5.10. The molecule has 0 aliphatic heterocycles. The van der Waals surface area contributed by atoms with Gasteiger partial charge in [-0.05, 0) is 59.7 Å². The van der Waals surface area contributed by atoms with Gasteiger partial charge in [0.2, 0.25) is 0 Å². The molecule has 3 aromatic rings. The Balaban J connectivity index is 1.89. The van der Waals surface area contributed by atoms with Gasteiger partial charge in [0.15, 0.2) is 5.76 Å². The molecule has 0 saturated heterocycles. The van der Waals surface area contributed by atoms with Gasteiger partial charge in [-0.3, -0.25) is 9.59 Å². The van der Waals surface area contributed by atoms with Crippen LogP contribution in [0.5, 0.6) is 0 Å². The molecule has 0 atom stereocenters. The van der Waals surface area contributed by atoms with Crippen molar-refractivity contribution in [3.8, 4) is 0 Å². The number of anilines is 2. The molecule has 5 heteroatoms. The lowest BCUT2D eigenvalue weighted by atomic mass is 9.92. The number of carbonyl (C=O) groups excluding carboxylic acids is 2. The smallest absolute Gasteiger partial charge is 0.291 e. The summed E-state index contributed by atoms with van der Waals surface area (Å²) in [5, 5.41) is 5.93. The first-order valence-electron chi connectivity index (χ1n) is 10.2. The predicted molar refractivity (Wildman–Crippen MR) is 120 cm³/mol. The van der Waals surface area contributed by atoms with Gasteiger partial charge in [-0.2, -0.15) is 0 Å². The number of hydrogen-bond donors (Lipinski definition) is 2. The van der Waals surface area contributed by atoms with E-state index in [9.17, 15) is 9.59 Å². The molecule has 1 aromatic heterocycles. The summed E-state index contributed by atoms with van der Waals surface area (Å²) in [6, 6.07) is 14.7. The van der Waals surface area contributed by atoms with Crippen molar-refractivity contribution in [3.63, 3.8) is 0 Å². The van der Waals surface area contributed by atoms with E-state index in [1.54, 1.807) is 24.3 Å². The van der Waals surface area contributed by atoms with Gasteiger partial charge in [0, 0.05) is 16.9 Å². The van der Waals surface area contributed by atoms with Crippen molar-refractivity contribution in [2.75, 3.05) is 10.6 Å². The Kier molecular flexibility index (Phi) is 6.40. The Hall–Kier alpha value is -3.34. The molecule has 30 heavy (non-hydrogen) atoms. The van der Waals surface area contributed by atoms with Crippen LogP contribution in [-0.4, -0.2) is 11.8 Å². The number of furan rings is 1. The SMILES string of the molecule is Cc1ccc(C(=O)Nc2c(C(C)C)cccc2C(C)C)cc1NC(=O)c1ccco1. The molecule has 0 saturated carbocycles. The zero-order valence-electron chi connectivity index (χ0n) is 18.1. The second-order valence-electron chi connectivity index (χ2n) is 8.04. The third kappa shape index (κ3) is 4.62. The molecule has 2 aromatic carbocycles. The molecule has 0 aliphatic carbocycles. The molecule has 0 spiro atoms. The summed E-state index contributed by atoms with van der Waals surface area (Å²) >= 11 is 0. The largest absolute Gasteiger partial charge is 0.459 e. The summed E-state index contributed by atoms with van der Waals surface area (Å²) in [4.78, 5) is 25.4. The molecule has 3 rings (SSSR count). The average molecular weight is 405 g/mol. The number of carbonyl (C=O) groups is 2. The molecule has 5 nitrogen and oxygen atoms in total. The fraction of sp³-hybridized carbons (Fsp3) is 0.280. The number of aryl methyl sites for hydroxylation is 1. The molecule has 156 valence electrons. The van der Waals surface area contributed by atoms with E-state index in [4.69, 9.17) is 4.42 Å². The number of para-hydroxylation sites is 1. The van der Waals surface area contributed by atoms with Gasteiger partial charge in [0.1, 0.15) is 0 Å². The lowest BCUT2D eigenvalue weighted by molar-refractivity contribution is 0.0993. The van der Waals surface area contributed by atoms with E-state index in [0.29, 0.717) is 11.3 Å². The highest BCUT2D eigenvalue weighted by atomic mass is 16.3. The highest BCUT2D eigenvalue weighted by Gasteiger charge is 2.18. The average Bonchev–Trinajstić information content (AvgIpc) is 3.24. The minimum absolute atomic E-state index is 0.210. The fourth-order valence-corrected chi connectivity index (χ4v) is 3.37. The van der Waals surface area contributed by atoms with Crippen LogP contribution >= 0.6 is 0 Å². The van der Waals surface area contributed by atoms with E-state index in [1.807, 2.05) is 19.1 Å². The van der Waals surface area contributed by atoms with Crippen LogP contribution in [0.2, 0.25) is 0 Å². The normalized spacial score (nSPS) is 11.0. The molecule has 0 aliphatic rings. The summed E-state index contributed by atoms with van der Waals surface area (Å²) in [7, 11) is 0. The van der Waals surface area contributed by atoms with Gasteiger partial charge in [0.05, 0.1) is 6.26 Å². The first-order valence-corrected chi connectivity index (χ1v) is 10.2. The van der Waals surface area contributed by atoms with Gasteiger partial charge >= 0.3 is 0 Å². The summed E-state index contributed by atoms with van der Waals surface area (Å²) in [5.74, 6) is 0.211. The number of rotatable bonds is 6. The predicted octanol–water partition coefficient (Wildman–Crippen LogP) is 6.34. The van der Waals surface area contributed by atoms with E-state index in [1.165, 1.54) is 6.26 Å². The standard InChI is InChI=1S/C25H28N2O3/c1-15(2)19-8-6-9-20(16(3)4)23(19)27-24(28)18-12-11-17(5)21(14-18)26-25(29)22-10-7-13-30-22/h6-16H,1-5H3,(H,26,29)(H,27,28). The first kappa shape index (κ1) is 21.4.